The smallest absolute Gasteiger partial charge is 0.266 e. The Morgan fingerprint density at radius 2 is 2.25 bits per heavy atom. The molecule has 5 heteroatoms. The van der Waals surface area contributed by atoms with E-state index in [0.717, 1.165) is 9.78 Å². The lowest BCUT2D eigenvalue weighted by Crippen LogP contribution is -2.27. The normalized spacial score (nSPS) is 18.9. The molecule has 0 atom stereocenters. The third kappa shape index (κ3) is 2.21. The van der Waals surface area contributed by atoms with Gasteiger partial charge in [0, 0.05) is 16.3 Å². The number of hydrogen-bond donors (Lipinski definition) is 0. The van der Waals surface area contributed by atoms with Gasteiger partial charge in [0.05, 0.1) is 4.91 Å². The van der Waals surface area contributed by atoms with Gasteiger partial charge in [-0.1, -0.05) is 24.0 Å². The Morgan fingerprint density at radius 1 is 1.50 bits per heavy atom. The van der Waals surface area contributed by atoms with Crippen LogP contribution in [0.3, 0.4) is 0 Å². The summed E-state index contributed by atoms with van der Waals surface area (Å²) in [5.74, 6) is 0.0311. The van der Waals surface area contributed by atoms with E-state index in [1.807, 2.05) is 19.1 Å². The van der Waals surface area contributed by atoms with E-state index >= 15 is 0 Å². The van der Waals surface area contributed by atoms with Crippen LogP contribution in [0.4, 0.5) is 0 Å². The zero-order valence-corrected chi connectivity index (χ0v) is 11.5. The van der Waals surface area contributed by atoms with E-state index in [-0.39, 0.29) is 5.91 Å². The zero-order chi connectivity index (χ0) is 11.7. The number of likely N-dealkylation sites (N-methyl/N-ethyl adjacent to an activating group) is 1. The number of carbonyl (C=O) groups excluding carboxylic acids is 1. The maximum atomic E-state index is 11.9. The van der Waals surface area contributed by atoms with Gasteiger partial charge in [-0.3, -0.25) is 9.69 Å². The van der Waals surface area contributed by atoms with Crippen LogP contribution in [0.2, 0.25) is 0 Å². The third-order valence-corrected chi connectivity index (χ3v) is 4.55. The number of thioether (sulfide) groups is 1. The fourth-order valence-electron chi connectivity index (χ4n) is 1.43. The van der Waals surface area contributed by atoms with Crippen molar-refractivity contribution < 1.29 is 4.79 Å². The number of thiophene rings is 1. The molecule has 0 spiro atoms. The number of rotatable bonds is 2. The van der Waals surface area contributed by atoms with Gasteiger partial charge in [0.15, 0.2) is 0 Å². The minimum absolute atomic E-state index is 0.0311. The number of thiocarbonyl (C=S) groups is 1. The Labute approximate surface area is 108 Å². The molecule has 2 heterocycles. The predicted molar refractivity (Wildman–Crippen MR) is 74.6 cm³/mol. The van der Waals surface area contributed by atoms with Gasteiger partial charge in [-0.15, -0.1) is 11.3 Å². The van der Waals surface area contributed by atoms with Gasteiger partial charge >= 0.3 is 0 Å². The van der Waals surface area contributed by atoms with Crippen molar-refractivity contribution in [2.75, 3.05) is 6.54 Å². The molecule has 0 unspecified atom stereocenters. The van der Waals surface area contributed by atoms with Crippen LogP contribution in [0.1, 0.15) is 16.7 Å². The van der Waals surface area contributed by atoms with Crippen molar-refractivity contribution in [3.63, 3.8) is 0 Å². The fourth-order valence-corrected chi connectivity index (χ4v) is 3.70. The van der Waals surface area contributed by atoms with Crippen LogP contribution in [0.5, 0.6) is 0 Å². The standard InChI is InChI=1S/C11H11NOS3/c1-3-12-10(13)9(16-11(12)14)6-8-5-4-7(2)15-8/h4-6H,3H2,1-2H3. The van der Waals surface area contributed by atoms with Crippen LogP contribution < -0.4 is 0 Å². The topological polar surface area (TPSA) is 20.3 Å². The monoisotopic (exact) mass is 269 g/mol. The molecule has 1 fully saturated rings. The van der Waals surface area contributed by atoms with Crippen LogP contribution in [0, 0.1) is 6.92 Å². The summed E-state index contributed by atoms with van der Waals surface area (Å²) in [5.41, 5.74) is 0. The molecule has 1 aromatic rings. The SMILES string of the molecule is CCN1C(=O)C(=Cc2ccc(C)s2)SC1=S. The van der Waals surface area contributed by atoms with E-state index in [9.17, 15) is 4.79 Å². The molecule has 0 radical (unpaired) electrons. The molecule has 16 heavy (non-hydrogen) atoms. The maximum Gasteiger partial charge on any atom is 0.266 e. The number of hydrogen-bond acceptors (Lipinski definition) is 4. The summed E-state index contributed by atoms with van der Waals surface area (Å²) < 4.78 is 0.659. The highest BCUT2D eigenvalue weighted by Crippen LogP contribution is 2.33. The van der Waals surface area contributed by atoms with Crippen LogP contribution >= 0.6 is 35.3 Å². The average molecular weight is 269 g/mol. The third-order valence-electron chi connectivity index (χ3n) is 2.22. The molecule has 2 nitrogen and oxygen atoms in total. The van der Waals surface area contributed by atoms with Crippen LogP contribution in [0.25, 0.3) is 6.08 Å². The summed E-state index contributed by atoms with van der Waals surface area (Å²) in [4.78, 5) is 16.6. The summed E-state index contributed by atoms with van der Waals surface area (Å²) in [6.45, 7) is 4.63. The first kappa shape index (κ1) is 11.8. The molecular weight excluding hydrogens is 258 g/mol. The quantitative estimate of drug-likeness (QED) is 0.607. The molecule has 1 amide bonds. The van der Waals surface area contributed by atoms with Crippen LogP contribution in [-0.2, 0) is 4.79 Å². The molecule has 0 aliphatic carbocycles. The molecule has 84 valence electrons. The number of nitrogens with zero attached hydrogens (tertiary/aromatic N) is 1. The van der Waals surface area contributed by atoms with Gasteiger partial charge in [0.1, 0.15) is 4.32 Å². The van der Waals surface area contributed by atoms with Gasteiger partial charge in [-0.2, -0.15) is 0 Å². The highest BCUT2D eigenvalue weighted by Gasteiger charge is 2.30. The minimum atomic E-state index is 0.0311. The summed E-state index contributed by atoms with van der Waals surface area (Å²) in [5, 5.41) is 0. The van der Waals surface area contributed by atoms with Crippen molar-refractivity contribution in [2.45, 2.75) is 13.8 Å². The Bertz CT molecular complexity index is 475. The first-order chi connectivity index (χ1) is 7.61. The Kier molecular flexibility index (Phi) is 3.47. The summed E-state index contributed by atoms with van der Waals surface area (Å²) in [6, 6.07) is 4.08. The Morgan fingerprint density at radius 3 is 2.75 bits per heavy atom. The second-order valence-corrected chi connectivity index (χ2v) is 6.37. The van der Waals surface area contributed by atoms with Gasteiger partial charge in [0.25, 0.3) is 5.91 Å². The molecular formula is C11H11NOS3. The first-order valence-electron chi connectivity index (χ1n) is 4.93. The summed E-state index contributed by atoms with van der Waals surface area (Å²) in [7, 11) is 0. The molecule has 0 aromatic carbocycles. The van der Waals surface area contributed by atoms with Crippen molar-refractivity contribution in [2.24, 2.45) is 0 Å². The van der Waals surface area contributed by atoms with E-state index < -0.39 is 0 Å². The van der Waals surface area contributed by atoms with Gasteiger partial charge in [0.2, 0.25) is 0 Å². The van der Waals surface area contributed by atoms with E-state index in [1.165, 1.54) is 16.6 Å². The molecule has 0 saturated carbocycles. The highest BCUT2D eigenvalue weighted by atomic mass is 32.2. The molecule has 1 aromatic heterocycles. The fraction of sp³-hybridized carbons (Fsp3) is 0.273. The largest absolute Gasteiger partial charge is 0.293 e. The number of amides is 1. The van der Waals surface area contributed by atoms with E-state index in [4.69, 9.17) is 12.2 Å². The lowest BCUT2D eigenvalue weighted by atomic mass is 10.3. The molecule has 0 N–H and O–H groups in total. The van der Waals surface area contributed by atoms with Gasteiger partial charge in [-0.25, -0.2) is 0 Å². The number of carbonyl (C=O) groups is 1. The summed E-state index contributed by atoms with van der Waals surface area (Å²) in [6.07, 6.45) is 1.92. The van der Waals surface area contributed by atoms with E-state index in [2.05, 4.69) is 13.0 Å². The Hall–Kier alpha value is -0.650. The summed E-state index contributed by atoms with van der Waals surface area (Å²) >= 11 is 8.21. The minimum Gasteiger partial charge on any atom is -0.293 e. The molecule has 1 aliphatic heterocycles. The van der Waals surface area contributed by atoms with E-state index in [0.29, 0.717) is 10.9 Å². The van der Waals surface area contributed by atoms with Crippen molar-refractivity contribution in [1.82, 2.24) is 4.90 Å². The molecule has 0 bridgehead atoms. The number of aryl methyl sites for hydroxylation is 1. The molecule has 1 aliphatic rings. The van der Waals surface area contributed by atoms with Gasteiger partial charge in [-0.05, 0) is 32.1 Å². The maximum absolute atomic E-state index is 11.9. The second-order valence-electron chi connectivity index (χ2n) is 3.37. The molecule has 2 rings (SSSR count). The van der Waals surface area contributed by atoms with Crippen molar-refractivity contribution in [3.8, 4) is 0 Å². The van der Waals surface area contributed by atoms with E-state index in [1.54, 1.807) is 16.2 Å². The molecule has 1 saturated heterocycles. The highest BCUT2D eigenvalue weighted by molar-refractivity contribution is 8.26. The lowest BCUT2D eigenvalue weighted by Gasteiger charge is -2.09. The Balaban J connectivity index is 2.27. The zero-order valence-electron chi connectivity index (χ0n) is 9.02. The lowest BCUT2D eigenvalue weighted by molar-refractivity contribution is -0.121. The average Bonchev–Trinajstić information content (AvgIpc) is 2.74. The van der Waals surface area contributed by atoms with Crippen LogP contribution in [-0.4, -0.2) is 21.7 Å². The predicted octanol–water partition coefficient (Wildman–Crippen LogP) is 3.28. The van der Waals surface area contributed by atoms with Crippen molar-refractivity contribution >= 4 is 51.6 Å². The first-order valence-corrected chi connectivity index (χ1v) is 6.97. The van der Waals surface area contributed by atoms with Crippen LogP contribution in [0.15, 0.2) is 17.0 Å². The second kappa shape index (κ2) is 4.69. The van der Waals surface area contributed by atoms with Crippen molar-refractivity contribution in [3.05, 3.63) is 26.8 Å². The van der Waals surface area contributed by atoms with Crippen molar-refractivity contribution in [1.29, 1.82) is 0 Å². The van der Waals surface area contributed by atoms with Gasteiger partial charge < -0.3 is 0 Å².